The Morgan fingerprint density at radius 1 is 1.53 bits per heavy atom. The third-order valence-electron chi connectivity index (χ3n) is 2.74. The fourth-order valence-corrected chi connectivity index (χ4v) is 1.82. The van der Waals surface area contributed by atoms with Crippen molar-refractivity contribution < 1.29 is 24.9 Å². The van der Waals surface area contributed by atoms with Crippen molar-refractivity contribution in [3.05, 3.63) is 0 Å². The van der Waals surface area contributed by atoms with Gasteiger partial charge in [0.25, 0.3) is 0 Å². The number of urea groups is 1. The van der Waals surface area contributed by atoms with Crippen LogP contribution in [0.3, 0.4) is 0 Å². The van der Waals surface area contributed by atoms with Gasteiger partial charge in [-0.3, -0.25) is 0 Å². The molecule has 1 fully saturated rings. The molecule has 1 aliphatic rings. The topological polar surface area (TPSA) is 110 Å². The van der Waals surface area contributed by atoms with Gasteiger partial charge in [0.2, 0.25) is 0 Å². The lowest BCUT2D eigenvalue weighted by Crippen LogP contribution is -2.55. The molecule has 0 aliphatic carbocycles. The number of aliphatic hydroxyl groups excluding tert-OH is 1. The highest BCUT2D eigenvalue weighted by atomic mass is 16.4. The normalized spacial score (nSPS) is 26.4. The summed E-state index contributed by atoms with van der Waals surface area (Å²) >= 11 is 0. The molecule has 1 rings (SSSR count). The molecule has 0 bridgehead atoms. The monoisotopic (exact) mass is 246 g/mol. The summed E-state index contributed by atoms with van der Waals surface area (Å²) in [4.78, 5) is 23.7. The molecule has 0 aromatic carbocycles. The van der Waals surface area contributed by atoms with E-state index in [9.17, 15) is 14.7 Å². The second kappa shape index (κ2) is 5.33. The zero-order valence-electron chi connectivity index (χ0n) is 9.72. The highest BCUT2D eigenvalue weighted by Gasteiger charge is 2.32. The quantitative estimate of drug-likeness (QED) is 0.510. The van der Waals surface area contributed by atoms with Gasteiger partial charge in [-0.2, -0.15) is 0 Å². The molecule has 1 unspecified atom stereocenters. The van der Waals surface area contributed by atoms with Crippen LogP contribution in [0.1, 0.15) is 19.8 Å². The second-order valence-corrected chi connectivity index (χ2v) is 4.54. The van der Waals surface area contributed by atoms with Gasteiger partial charge in [0.15, 0.2) is 6.04 Å². The minimum atomic E-state index is -1.31. The molecular formula is C10H18N2O5. The molecule has 7 heteroatoms. The molecule has 7 nitrogen and oxygen atoms in total. The van der Waals surface area contributed by atoms with E-state index in [0.717, 1.165) is 0 Å². The van der Waals surface area contributed by atoms with Crippen molar-refractivity contribution in [2.45, 2.75) is 31.4 Å². The number of β-amino-alcohol motifs (C(OH)–C–C–N with tert-alkyl or cyclic N) is 1. The second-order valence-electron chi connectivity index (χ2n) is 4.54. The molecule has 0 aromatic rings. The van der Waals surface area contributed by atoms with E-state index in [-0.39, 0.29) is 6.54 Å². The highest BCUT2D eigenvalue weighted by Crippen LogP contribution is 2.20. The van der Waals surface area contributed by atoms with Crippen LogP contribution < -0.4 is 5.32 Å². The molecule has 4 N–H and O–H groups in total. The maximum absolute atomic E-state index is 11.7. The van der Waals surface area contributed by atoms with Crippen LogP contribution >= 0.6 is 0 Å². The molecule has 0 aromatic heterocycles. The van der Waals surface area contributed by atoms with Crippen LogP contribution in [-0.4, -0.2) is 63.6 Å². The predicted molar refractivity (Wildman–Crippen MR) is 58.5 cm³/mol. The number of carboxylic acid groups (broad SMARTS) is 1. The maximum Gasteiger partial charge on any atom is 0.328 e. The summed E-state index contributed by atoms with van der Waals surface area (Å²) in [5.74, 6) is -1.29. The molecule has 0 saturated carbocycles. The summed E-state index contributed by atoms with van der Waals surface area (Å²) in [6.07, 6.45) is 1.27. The van der Waals surface area contributed by atoms with Gasteiger partial charge in [-0.25, -0.2) is 9.59 Å². The summed E-state index contributed by atoms with van der Waals surface area (Å²) in [5.41, 5.74) is -0.937. The Morgan fingerprint density at radius 2 is 2.18 bits per heavy atom. The van der Waals surface area contributed by atoms with Gasteiger partial charge in [-0.15, -0.1) is 0 Å². The number of carboxylic acids is 1. The zero-order chi connectivity index (χ0) is 13.1. The minimum Gasteiger partial charge on any atom is -0.480 e. The third kappa shape index (κ3) is 3.86. The largest absolute Gasteiger partial charge is 0.480 e. The van der Waals surface area contributed by atoms with E-state index in [0.29, 0.717) is 19.4 Å². The average Bonchev–Trinajstić information content (AvgIpc) is 2.23. The number of nitrogens with one attached hydrogen (secondary N) is 1. The lowest BCUT2D eigenvalue weighted by molar-refractivity contribution is -0.140. The number of aliphatic hydroxyl groups is 2. The first-order valence-electron chi connectivity index (χ1n) is 5.47. The Bertz CT molecular complexity index is 305. The van der Waals surface area contributed by atoms with Gasteiger partial charge >= 0.3 is 12.0 Å². The molecule has 1 saturated heterocycles. The number of piperidine rings is 1. The number of nitrogens with zero attached hydrogens (tertiary/aromatic N) is 1. The van der Waals surface area contributed by atoms with Gasteiger partial charge in [0, 0.05) is 6.54 Å². The molecule has 1 aliphatic heterocycles. The maximum atomic E-state index is 11.7. The molecular weight excluding hydrogens is 228 g/mol. The van der Waals surface area contributed by atoms with Gasteiger partial charge in [0.1, 0.15) is 0 Å². The lowest BCUT2D eigenvalue weighted by atomic mass is 9.95. The van der Waals surface area contributed by atoms with E-state index in [1.165, 1.54) is 4.90 Å². The van der Waals surface area contributed by atoms with Crippen molar-refractivity contribution in [3.8, 4) is 0 Å². The van der Waals surface area contributed by atoms with Crippen molar-refractivity contribution in [2.75, 3.05) is 19.7 Å². The van der Waals surface area contributed by atoms with Gasteiger partial charge in [0.05, 0.1) is 18.8 Å². The van der Waals surface area contributed by atoms with E-state index in [1.807, 2.05) is 0 Å². The number of hydrogen-bond donors (Lipinski definition) is 4. The summed E-state index contributed by atoms with van der Waals surface area (Å²) < 4.78 is 0. The summed E-state index contributed by atoms with van der Waals surface area (Å²) in [6, 6.07) is -1.89. The summed E-state index contributed by atoms with van der Waals surface area (Å²) in [7, 11) is 0. The van der Waals surface area contributed by atoms with Crippen molar-refractivity contribution in [1.29, 1.82) is 0 Å². The SMILES string of the molecule is CC1(O)CCCN(C(=O)N[C@H](CO)C(=O)O)C1. The predicted octanol–water partition coefficient (Wildman–Crippen LogP) is -1.01. The lowest BCUT2D eigenvalue weighted by Gasteiger charge is -2.37. The van der Waals surface area contributed by atoms with Crippen molar-refractivity contribution in [1.82, 2.24) is 10.2 Å². The standard InChI is InChI=1S/C10H18N2O5/c1-10(17)3-2-4-12(6-10)9(16)11-7(5-13)8(14)15/h7,13,17H,2-6H2,1H3,(H,11,16)(H,14,15)/t7-,10?/m1/s1. The Balaban J connectivity index is 2.55. The van der Waals surface area contributed by atoms with Crippen LogP contribution in [0.25, 0.3) is 0 Å². The van der Waals surface area contributed by atoms with Crippen LogP contribution in [0.15, 0.2) is 0 Å². The fraction of sp³-hybridized carbons (Fsp3) is 0.800. The molecule has 98 valence electrons. The number of carbonyl (C=O) groups is 2. The molecule has 1 heterocycles. The highest BCUT2D eigenvalue weighted by molar-refractivity contribution is 5.82. The Morgan fingerprint density at radius 3 is 2.65 bits per heavy atom. The number of rotatable bonds is 3. The molecule has 2 atom stereocenters. The van der Waals surface area contributed by atoms with Crippen LogP contribution in [0.4, 0.5) is 4.79 Å². The number of amides is 2. The van der Waals surface area contributed by atoms with E-state index in [2.05, 4.69) is 5.32 Å². The van der Waals surface area contributed by atoms with Gasteiger partial charge < -0.3 is 25.5 Å². The first-order chi connectivity index (χ1) is 7.85. The van der Waals surface area contributed by atoms with Crippen LogP contribution in [0.5, 0.6) is 0 Å². The zero-order valence-corrected chi connectivity index (χ0v) is 9.72. The van der Waals surface area contributed by atoms with Gasteiger partial charge in [-0.1, -0.05) is 0 Å². The van der Waals surface area contributed by atoms with Crippen molar-refractivity contribution in [3.63, 3.8) is 0 Å². The van der Waals surface area contributed by atoms with Crippen molar-refractivity contribution in [2.24, 2.45) is 0 Å². The first-order valence-corrected chi connectivity index (χ1v) is 5.47. The molecule has 0 spiro atoms. The molecule has 0 radical (unpaired) electrons. The fourth-order valence-electron chi connectivity index (χ4n) is 1.82. The number of carbonyl (C=O) groups excluding carboxylic acids is 1. The number of likely N-dealkylation sites (tertiary alicyclic amines) is 1. The van der Waals surface area contributed by atoms with Crippen LogP contribution in [0, 0.1) is 0 Å². The smallest absolute Gasteiger partial charge is 0.328 e. The molecule has 17 heavy (non-hydrogen) atoms. The van der Waals surface area contributed by atoms with E-state index in [4.69, 9.17) is 10.2 Å². The van der Waals surface area contributed by atoms with Gasteiger partial charge in [-0.05, 0) is 19.8 Å². The number of hydrogen-bond acceptors (Lipinski definition) is 4. The summed E-state index contributed by atoms with van der Waals surface area (Å²) in [6.45, 7) is 1.61. The van der Waals surface area contributed by atoms with E-state index < -0.39 is 30.3 Å². The van der Waals surface area contributed by atoms with Crippen LogP contribution in [-0.2, 0) is 4.79 Å². The van der Waals surface area contributed by atoms with E-state index in [1.54, 1.807) is 6.92 Å². The Labute approximate surface area is 99.0 Å². The molecule has 2 amide bonds. The van der Waals surface area contributed by atoms with Crippen LogP contribution in [0.2, 0.25) is 0 Å². The Hall–Kier alpha value is -1.34. The minimum absolute atomic E-state index is 0.163. The first kappa shape index (κ1) is 13.7. The Kier molecular flexibility index (Phi) is 4.30. The van der Waals surface area contributed by atoms with Crippen molar-refractivity contribution >= 4 is 12.0 Å². The summed E-state index contributed by atoms with van der Waals surface area (Å²) in [5, 5.41) is 29.5. The average molecular weight is 246 g/mol. The number of aliphatic carboxylic acids is 1. The van der Waals surface area contributed by atoms with E-state index >= 15 is 0 Å². The third-order valence-corrected chi connectivity index (χ3v) is 2.74.